The Morgan fingerprint density at radius 2 is 1.90 bits per heavy atom. The van der Waals surface area contributed by atoms with Gasteiger partial charge in [-0.15, -0.1) is 0 Å². The van der Waals surface area contributed by atoms with Crippen molar-refractivity contribution in [3.63, 3.8) is 0 Å². The fourth-order valence-corrected chi connectivity index (χ4v) is 4.44. The van der Waals surface area contributed by atoms with E-state index in [-0.39, 0.29) is 0 Å². The molecule has 1 saturated carbocycles. The van der Waals surface area contributed by atoms with E-state index < -0.39 is 0 Å². The molecule has 0 bridgehead atoms. The highest BCUT2D eigenvalue weighted by atomic mass is 79.9. The van der Waals surface area contributed by atoms with Gasteiger partial charge in [-0.2, -0.15) is 0 Å². The number of hydrogen-bond donors (Lipinski definition) is 1. The molecule has 3 atom stereocenters. The normalized spacial score (nSPS) is 27.5. The van der Waals surface area contributed by atoms with E-state index in [0.29, 0.717) is 6.04 Å². The van der Waals surface area contributed by atoms with Gasteiger partial charge in [0, 0.05) is 10.5 Å². The first kappa shape index (κ1) is 17.0. The molecule has 1 aliphatic rings. The summed E-state index contributed by atoms with van der Waals surface area (Å²) in [4.78, 5) is 0. The molecule has 1 N–H and O–H groups in total. The minimum Gasteiger partial charge on any atom is -0.313 e. The minimum atomic E-state index is 0.629. The first-order chi connectivity index (χ1) is 10.1. The summed E-state index contributed by atoms with van der Waals surface area (Å²) in [6.45, 7) is 8.25. The Morgan fingerprint density at radius 3 is 2.52 bits per heavy atom. The lowest BCUT2D eigenvalue weighted by atomic mass is 9.72. The second-order valence-electron chi connectivity index (χ2n) is 7.07. The van der Waals surface area contributed by atoms with Gasteiger partial charge in [0.1, 0.15) is 0 Å². The van der Waals surface area contributed by atoms with Gasteiger partial charge < -0.3 is 5.32 Å². The summed E-state index contributed by atoms with van der Waals surface area (Å²) in [5, 5.41) is 3.83. The van der Waals surface area contributed by atoms with Gasteiger partial charge in [0.05, 0.1) is 0 Å². The third kappa shape index (κ3) is 5.41. The molecule has 0 aliphatic heterocycles. The minimum absolute atomic E-state index is 0.629. The van der Waals surface area contributed by atoms with Gasteiger partial charge in [0.2, 0.25) is 0 Å². The molecule has 0 spiro atoms. The molecular weight excluding hydrogens is 322 g/mol. The van der Waals surface area contributed by atoms with Crippen molar-refractivity contribution in [3.05, 3.63) is 34.3 Å². The van der Waals surface area contributed by atoms with Crippen molar-refractivity contribution >= 4 is 15.9 Å². The van der Waals surface area contributed by atoms with Crippen LogP contribution in [0.4, 0.5) is 0 Å². The Morgan fingerprint density at radius 1 is 1.19 bits per heavy atom. The molecule has 2 heteroatoms. The lowest BCUT2D eigenvalue weighted by molar-refractivity contribution is 0.175. The molecule has 21 heavy (non-hydrogen) atoms. The zero-order valence-electron chi connectivity index (χ0n) is 13.7. The average Bonchev–Trinajstić information content (AvgIpc) is 2.42. The summed E-state index contributed by atoms with van der Waals surface area (Å²) >= 11 is 3.60. The molecule has 0 aromatic heterocycles. The van der Waals surface area contributed by atoms with Crippen molar-refractivity contribution < 1.29 is 0 Å². The Balaban J connectivity index is 2.06. The molecule has 0 amide bonds. The molecule has 1 aliphatic carbocycles. The molecule has 1 aromatic carbocycles. The Labute approximate surface area is 139 Å². The molecule has 0 radical (unpaired) electrons. The zero-order valence-corrected chi connectivity index (χ0v) is 15.3. The summed E-state index contributed by atoms with van der Waals surface area (Å²) < 4.78 is 1.19. The van der Waals surface area contributed by atoms with Crippen LogP contribution in [0.15, 0.2) is 28.7 Å². The van der Waals surface area contributed by atoms with Crippen LogP contribution in [0.2, 0.25) is 0 Å². The van der Waals surface area contributed by atoms with Crippen LogP contribution in [0.25, 0.3) is 0 Å². The van der Waals surface area contributed by atoms with Gasteiger partial charge in [0.25, 0.3) is 0 Å². The summed E-state index contributed by atoms with van der Waals surface area (Å²) in [5.41, 5.74) is 1.45. The van der Waals surface area contributed by atoms with Gasteiger partial charge in [-0.05, 0) is 74.1 Å². The van der Waals surface area contributed by atoms with Crippen molar-refractivity contribution in [2.75, 3.05) is 6.54 Å². The molecule has 0 saturated heterocycles. The largest absolute Gasteiger partial charge is 0.313 e. The van der Waals surface area contributed by atoms with Gasteiger partial charge in [-0.1, -0.05) is 48.8 Å². The van der Waals surface area contributed by atoms with E-state index in [9.17, 15) is 0 Å². The molecule has 1 nitrogen and oxygen atoms in total. The van der Waals surface area contributed by atoms with Gasteiger partial charge in [-0.25, -0.2) is 0 Å². The van der Waals surface area contributed by atoms with Gasteiger partial charge in [0.15, 0.2) is 0 Å². The summed E-state index contributed by atoms with van der Waals surface area (Å²) in [6.07, 6.45) is 6.56. The lowest BCUT2D eigenvalue weighted by Gasteiger charge is -2.37. The van der Waals surface area contributed by atoms with Gasteiger partial charge in [-0.3, -0.25) is 0 Å². The van der Waals surface area contributed by atoms with Crippen molar-refractivity contribution in [1.29, 1.82) is 0 Å². The molecule has 1 aromatic rings. The van der Waals surface area contributed by atoms with Crippen LogP contribution in [-0.2, 0) is 6.42 Å². The predicted molar refractivity (Wildman–Crippen MR) is 95.6 cm³/mol. The van der Waals surface area contributed by atoms with Gasteiger partial charge >= 0.3 is 0 Å². The highest BCUT2D eigenvalue weighted by Gasteiger charge is 2.29. The molecule has 118 valence electrons. The maximum Gasteiger partial charge on any atom is 0.0178 e. The van der Waals surface area contributed by atoms with E-state index in [1.807, 2.05) is 0 Å². The summed E-state index contributed by atoms with van der Waals surface area (Å²) in [7, 11) is 0. The number of halogens is 1. The third-order valence-corrected chi connectivity index (χ3v) is 5.28. The summed E-state index contributed by atoms with van der Waals surface area (Å²) in [6, 6.07) is 9.44. The molecule has 3 unspecified atom stereocenters. The maximum absolute atomic E-state index is 3.83. The fraction of sp³-hybridized carbons (Fsp3) is 0.684. The van der Waals surface area contributed by atoms with Crippen molar-refractivity contribution in [2.45, 2.75) is 58.9 Å². The van der Waals surface area contributed by atoms with Crippen LogP contribution < -0.4 is 5.32 Å². The third-order valence-electron chi connectivity index (χ3n) is 4.79. The first-order valence-electron chi connectivity index (χ1n) is 8.56. The highest BCUT2D eigenvalue weighted by Crippen LogP contribution is 2.35. The van der Waals surface area contributed by atoms with E-state index >= 15 is 0 Å². The Hall–Kier alpha value is -0.340. The first-order valence-corrected chi connectivity index (χ1v) is 9.35. The van der Waals surface area contributed by atoms with E-state index in [1.54, 1.807) is 0 Å². The number of nitrogens with one attached hydrogen (secondary N) is 1. The van der Waals surface area contributed by atoms with E-state index in [4.69, 9.17) is 0 Å². The average molecular weight is 352 g/mol. The Kier molecular flexibility index (Phi) is 6.75. The molecule has 2 rings (SSSR count). The fourth-order valence-electron chi connectivity index (χ4n) is 3.99. The lowest BCUT2D eigenvalue weighted by Crippen LogP contribution is -2.41. The van der Waals surface area contributed by atoms with E-state index in [2.05, 4.69) is 66.3 Å². The standard InChI is InChI=1S/C19H30BrN/c1-4-8-21-19(13-16-6-5-7-18(20)12-16)17-10-14(2)9-15(3)11-17/h5-7,12,14-15,17,19,21H,4,8-11,13H2,1-3H3. The van der Waals surface area contributed by atoms with Crippen LogP contribution in [-0.4, -0.2) is 12.6 Å². The predicted octanol–water partition coefficient (Wildman–Crippen LogP) is 5.43. The zero-order chi connectivity index (χ0) is 15.2. The maximum atomic E-state index is 3.83. The SMILES string of the molecule is CCCNC(Cc1cccc(Br)c1)C1CC(C)CC(C)C1. The quantitative estimate of drug-likeness (QED) is 0.720. The second kappa shape index (κ2) is 8.33. The smallest absolute Gasteiger partial charge is 0.0178 e. The second-order valence-corrected chi connectivity index (χ2v) is 7.99. The molecule has 0 heterocycles. The highest BCUT2D eigenvalue weighted by molar-refractivity contribution is 9.10. The van der Waals surface area contributed by atoms with Crippen LogP contribution in [0, 0.1) is 17.8 Å². The number of rotatable bonds is 6. The topological polar surface area (TPSA) is 12.0 Å². The van der Waals surface area contributed by atoms with Crippen molar-refractivity contribution in [2.24, 2.45) is 17.8 Å². The van der Waals surface area contributed by atoms with Crippen LogP contribution in [0.1, 0.15) is 52.0 Å². The van der Waals surface area contributed by atoms with Crippen LogP contribution in [0.3, 0.4) is 0 Å². The molecule has 1 fully saturated rings. The van der Waals surface area contributed by atoms with Crippen molar-refractivity contribution in [1.82, 2.24) is 5.32 Å². The number of benzene rings is 1. The van der Waals surface area contributed by atoms with Crippen LogP contribution >= 0.6 is 15.9 Å². The van der Waals surface area contributed by atoms with Crippen molar-refractivity contribution in [3.8, 4) is 0 Å². The van der Waals surface area contributed by atoms with E-state index in [1.165, 1.54) is 35.7 Å². The molecular formula is C19H30BrN. The number of hydrogen-bond acceptors (Lipinski definition) is 1. The Bertz CT molecular complexity index is 421. The summed E-state index contributed by atoms with van der Waals surface area (Å²) in [5.74, 6) is 2.59. The van der Waals surface area contributed by atoms with E-state index in [0.717, 1.165) is 30.7 Å². The monoisotopic (exact) mass is 351 g/mol. The van der Waals surface area contributed by atoms with Crippen LogP contribution in [0.5, 0.6) is 0 Å².